The van der Waals surface area contributed by atoms with Gasteiger partial charge in [-0.15, -0.1) is 0 Å². The highest BCUT2D eigenvalue weighted by Gasteiger charge is 2.25. The average molecular weight is 374 g/mol. The van der Waals surface area contributed by atoms with Crippen LogP contribution in [0.1, 0.15) is 29.0 Å². The van der Waals surface area contributed by atoms with Gasteiger partial charge < -0.3 is 16.8 Å². The molecule has 5 nitrogen and oxygen atoms in total. The summed E-state index contributed by atoms with van der Waals surface area (Å²) in [4.78, 5) is 0. The number of anilines is 1. The molecule has 1 aliphatic carbocycles. The van der Waals surface area contributed by atoms with E-state index < -0.39 is 0 Å². The number of allylic oxidation sites excluding steroid dienone is 1. The van der Waals surface area contributed by atoms with E-state index in [4.69, 9.17) is 17.0 Å². The smallest absolute Gasteiger partial charge is 0.0608 e. The zero-order valence-electron chi connectivity index (χ0n) is 15.9. The van der Waals surface area contributed by atoms with Crippen LogP contribution >= 0.6 is 0 Å². The third kappa shape index (κ3) is 4.56. The Morgan fingerprint density at radius 3 is 2.68 bits per heavy atom. The van der Waals surface area contributed by atoms with Crippen molar-refractivity contribution in [3.8, 4) is 0 Å². The minimum Gasteiger partial charge on any atom is -0.399 e. The Balaban J connectivity index is 1.93. The zero-order chi connectivity index (χ0) is 19.9. The fraction of sp³-hybridized carbons (Fsp3) is 0.217. The van der Waals surface area contributed by atoms with Crippen molar-refractivity contribution < 1.29 is 0 Å². The van der Waals surface area contributed by atoms with Crippen LogP contribution in [-0.4, -0.2) is 19.1 Å². The van der Waals surface area contributed by atoms with Gasteiger partial charge in [-0.05, 0) is 59.5 Å². The summed E-state index contributed by atoms with van der Waals surface area (Å²) in [5.74, 6) is 0.108. The summed E-state index contributed by atoms with van der Waals surface area (Å²) < 4.78 is 0. The molecule has 1 aliphatic rings. The molecule has 0 aliphatic heterocycles. The summed E-state index contributed by atoms with van der Waals surface area (Å²) >= 11 is 0. The third-order valence-corrected chi connectivity index (χ3v) is 4.97. The molecule has 0 bridgehead atoms. The topological polar surface area (TPSA) is 100 Å². The highest BCUT2D eigenvalue weighted by Crippen LogP contribution is 2.35. The molecule has 2 atom stereocenters. The van der Waals surface area contributed by atoms with Crippen molar-refractivity contribution in [2.75, 3.05) is 18.8 Å². The molecule has 2 unspecified atom stereocenters. The van der Waals surface area contributed by atoms with Gasteiger partial charge in [-0.2, -0.15) is 5.11 Å². The second kappa shape index (κ2) is 9.15. The van der Waals surface area contributed by atoms with Crippen molar-refractivity contribution in [2.24, 2.45) is 10.8 Å². The van der Waals surface area contributed by atoms with Crippen molar-refractivity contribution in [2.45, 2.75) is 18.4 Å². The summed E-state index contributed by atoms with van der Waals surface area (Å²) in [6.45, 7) is 5.64. The van der Waals surface area contributed by atoms with Crippen molar-refractivity contribution >= 4 is 11.3 Å². The van der Waals surface area contributed by atoms with Crippen LogP contribution in [0, 0.1) is 5.53 Å². The van der Waals surface area contributed by atoms with E-state index in [0.29, 0.717) is 12.2 Å². The van der Waals surface area contributed by atoms with E-state index in [0.717, 1.165) is 40.9 Å². The van der Waals surface area contributed by atoms with E-state index in [-0.39, 0.29) is 12.0 Å². The molecule has 0 amide bonds. The summed E-state index contributed by atoms with van der Waals surface area (Å²) in [5.41, 5.74) is 24.8. The molecule has 0 fully saturated rings. The molecule has 0 saturated carbocycles. The van der Waals surface area contributed by atoms with E-state index in [1.54, 1.807) is 0 Å². The maximum Gasteiger partial charge on any atom is 0.0608 e. The van der Waals surface area contributed by atoms with Gasteiger partial charge in [-0.25, -0.2) is 5.53 Å². The number of benzene rings is 2. The monoisotopic (exact) mass is 373 g/mol. The predicted molar refractivity (Wildman–Crippen MR) is 116 cm³/mol. The van der Waals surface area contributed by atoms with Gasteiger partial charge in [0.2, 0.25) is 0 Å². The van der Waals surface area contributed by atoms with Crippen LogP contribution in [0.5, 0.6) is 0 Å². The first-order valence-electron chi connectivity index (χ1n) is 9.46. The second-order valence-electron chi connectivity index (χ2n) is 6.96. The van der Waals surface area contributed by atoms with E-state index in [9.17, 15) is 0 Å². The van der Waals surface area contributed by atoms with Crippen LogP contribution < -0.4 is 16.8 Å². The molecule has 0 saturated heterocycles. The highest BCUT2D eigenvalue weighted by molar-refractivity contribution is 5.81. The zero-order valence-corrected chi connectivity index (χ0v) is 15.9. The number of nitrogens with one attached hydrogen (secondary N) is 2. The lowest BCUT2D eigenvalue weighted by atomic mass is 9.82. The van der Waals surface area contributed by atoms with Gasteiger partial charge in [-0.1, -0.05) is 49.1 Å². The molecule has 0 heterocycles. The summed E-state index contributed by atoms with van der Waals surface area (Å²) in [7, 11) is 0. The van der Waals surface area contributed by atoms with Gasteiger partial charge in [0.25, 0.3) is 0 Å². The molecular weight excluding hydrogens is 346 g/mol. The van der Waals surface area contributed by atoms with E-state index in [2.05, 4.69) is 41.3 Å². The van der Waals surface area contributed by atoms with E-state index in [1.165, 1.54) is 0 Å². The molecule has 28 heavy (non-hydrogen) atoms. The van der Waals surface area contributed by atoms with Gasteiger partial charge in [0, 0.05) is 23.3 Å². The maximum atomic E-state index is 6.94. The lowest BCUT2D eigenvalue weighted by molar-refractivity contribution is 0.531. The number of nitrogens with zero attached hydrogens (tertiary/aromatic N) is 1. The van der Waals surface area contributed by atoms with Crippen LogP contribution in [-0.2, 0) is 0 Å². The number of nitrogen functional groups attached to an aromatic ring is 1. The average Bonchev–Trinajstić information content (AvgIpc) is 2.72. The summed E-state index contributed by atoms with van der Waals surface area (Å²) in [6.07, 6.45) is 6.95. The number of hydrogen-bond donors (Lipinski definition) is 4. The lowest BCUT2D eigenvalue weighted by Gasteiger charge is -2.29. The predicted octanol–water partition coefficient (Wildman–Crippen LogP) is 4.21. The Morgan fingerprint density at radius 2 is 1.93 bits per heavy atom. The molecule has 0 aromatic heterocycles. The Bertz CT molecular complexity index is 898. The molecule has 2 aromatic rings. The van der Waals surface area contributed by atoms with E-state index in [1.807, 2.05) is 42.5 Å². The molecule has 5 heteroatoms. The van der Waals surface area contributed by atoms with E-state index >= 15 is 0 Å². The molecule has 0 spiro atoms. The standard InChI is InChI=1S/C23H27N5/c1-16(17-6-3-2-4-7-17)22-14-18(24)8-10-20(22)21-11-9-19(25)15-23(21)27-12-5-13-28-26/h2-4,6-11,14-15,21,23,26-27H,1,5,12-13,24-25H2. The molecule has 2 aromatic carbocycles. The van der Waals surface area contributed by atoms with Crippen LogP contribution in [0.4, 0.5) is 5.69 Å². The maximum absolute atomic E-state index is 6.94. The van der Waals surface area contributed by atoms with Gasteiger partial charge in [0.15, 0.2) is 0 Å². The number of rotatable bonds is 8. The molecule has 3 rings (SSSR count). The molecule has 6 N–H and O–H groups in total. The van der Waals surface area contributed by atoms with Crippen LogP contribution in [0.25, 0.3) is 5.57 Å². The van der Waals surface area contributed by atoms with Crippen molar-refractivity contribution in [1.29, 1.82) is 5.53 Å². The lowest BCUT2D eigenvalue weighted by Crippen LogP contribution is -2.36. The van der Waals surface area contributed by atoms with Crippen LogP contribution in [0.3, 0.4) is 0 Å². The number of hydrogen-bond acceptors (Lipinski definition) is 5. The Kier molecular flexibility index (Phi) is 6.40. The van der Waals surface area contributed by atoms with Gasteiger partial charge >= 0.3 is 0 Å². The molecule has 0 radical (unpaired) electrons. The van der Waals surface area contributed by atoms with Crippen molar-refractivity contribution in [1.82, 2.24) is 5.32 Å². The molecule has 144 valence electrons. The Hall–Kier alpha value is -3.18. The fourth-order valence-corrected chi connectivity index (χ4v) is 3.53. The van der Waals surface area contributed by atoms with Gasteiger partial charge in [-0.3, -0.25) is 0 Å². The first-order chi connectivity index (χ1) is 13.6. The van der Waals surface area contributed by atoms with Gasteiger partial charge in [0.05, 0.1) is 6.54 Å². The quantitative estimate of drug-likeness (QED) is 0.317. The largest absolute Gasteiger partial charge is 0.399 e. The van der Waals surface area contributed by atoms with Gasteiger partial charge in [0.1, 0.15) is 0 Å². The highest BCUT2D eigenvalue weighted by atomic mass is 15.0. The first-order valence-corrected chi connectivity index (χ1v) is 9.46. The minimum absolute atomic E-state index is 0.0571. The van der Waals surface area contributed by atoms with Crippen molar-refractivity contribution in [3.63, 3.8) is 0 Å². The Morgan fingerprint density at radius 1 is 1.14 bits per heavy atom. The second-order valence-corrected chi connectivity index (χ2v) is 6.96. The molecular formula is C23H27N5. The Labute approximate surface area is 166 Å². The number of nitrogens with two attached hydrogens (primary N) is 2. The first kappa shape index (κ1) is 19.6. The van der Waals surface area contributed by atoms with Crippen molar-refractivity contribution in [3.05, 3.63) is 95.7 Å². The minimum atomic E-state index is 0.0571. The van der Waals surface area contributed by atoms with Crippen LogP contribution in [0.15, 0.2) is 84.1 Å². The normalized spacial score (nSPS) is 18.5. The van der Waals surface area contributed by atoms with Crippen LogP contribution in [0.2, 0.25) is 0 Å². The summed E-state index contributed by atoms with van der Waals surface area (Å²) in [6, 6.07) is 16.2. The fourth-order valence-electron chi connectivity index (χ4n) is 3.53. The third-order valence-electron chi connectivity index (χ3n) is 4.97. The summed E-state index contributed by atoms with van der Waals surface area (Å²) in [5, 5.41) is 6.97. The SMILES string of the molecule is C=C(c1ccccc1)c1cc(N)ccc1C1C=CC(N)=CC1NCCCN=N.